The molecular weight excluding hydrogens is 288 g/mol. The summed E-state index contributed by atoms with van der Waals surface area (Å²) in [4.78, 5) is 26.3. The zero-order valence-electron chi connectivity index (χ0n) is 12.4. The molecule has 0 aliphatic carbocycles. The minimum Gasteiger partial charge on any atom is -0.480 e. The third-order valence-electron chi connectivity index (χ3n) is 4.14. The lowest BCUT2D eigenvalue weighted by molar-refractivity contribution is -0.144. The van der Waals surface area contributed by atoms with E-state index in [0.717, 1.165) is 17.7 Å². The molecule has 2 heterocycles. The van der Waals surface area contributed by atoms with Crippen molar-refractivity contribution in [2.24, 2.45) is 5.92 Å². The number of likely N-dealkylation sites (tertiary alicyclic amines) is 1. The molecule has 0 bridgehead atoms. The smallest absolute Gasteiger partial charge is 0.326 e. The van der Waals surface area contributed by atoms with Gasteiger partial charge in [-0.25, -0.2) is 9.59 Å². The average Bonchev–Trinajstić information content (AvgIpc) is 3.00. The van der Waals surface area contributed by atoms with Gasteiger partial charge in [-0.1, -0.05) is 19.4 Å². The van der Waals surface area contributed by atoms with Crippen LogP contribution in [-0.4, -0.2) is 34.6 Å². The maximum atomic E-state index is 12.4. The number of carbonyl (C=O) groups is 2. The van der Waals surface area contributed by atoms with E-state index in [9.17, 15) is 14.7 Å². The molecule has 116 valence electrons. The minimum absolute atomic E-state index is 0.101. The molecule has 2 rings (SSSR count). The summed E-state index contributed by atoms with van der Waals surface area (Å²) in [6.07, 6.45) is 2.39. The van der Waals surface area contributed by atoms with Crippen molar-refractivity contribution >= 4 is 23.3 Å². The second-order valence-corrected chi connectivity index (χ2v) is 6.51. The van der Waals surface area contributed by atoms with E-state index in [1.165, 1.54) is 4.90 Å². The predicted molar refractivity (Wildman–Crippen MR) is 82.4 cm³/mol. The van der Waals surface area contributed by atoms with Gasteiger partial charge in [0, 0.05) is 11.4 Å². The van der Waals surface area contributed by atoms with Gasteiger partial charge in [0.15, 0.2) is 0 Å². The number of nitrogens with zero attached hydrogens (tertiary/aromatic N) is 1. The van der Waals surface area contributed by atoms with E-state index in [1.807, 2.05) is 24.4 Å². The monoisotopic (exact) mass is 310 g/mol. The maximum absolute atomic E-state index is 12.4. The van der Waals surface area contributed by atoms with Gasteiger partial charge in [0.2, 0.25) is 0 Å². The Balaban J connectivity index is 2.01. The van der Waals surface area contributed by atoms with Crippen LogP contribution in [0.3, 0.4) is 0 Å². The fourth-order valence-corrected chi connectivity index (χ4v) is 3.50. The molecule has 2 amide bonds. The molecule has 5 nitrogen and oxygen atoms in total. The number of hydrogen-bond donors (Lipinski definition) is 2. The Labute approximate surface area is 129 Å². The molecule has 3 atom stereocenters. The van der Waals surface area contributed by atoms with Crippen LogP contribution in [0.1, 0.15) is 44.0 Å². The van der Waals surface area contributed by atoms with Crippen molar-refractivity contribution in [3.05, 3.63) is 22.4 Å². The number of carboxylic acids is 1. The van der Waals surface area contributed by atoms with E-state index < -0.39 is 12.0 Å². The first-order valence-electron chi connectivity index (χ1n) is 7.36. The molecule has 1 aromatic heterocycles. The second-order valence-electron chi connectivity index (χ2n) is 5.53. The molecular formula is C15H22N2O3S. The van der Waals surface area contributed by atoms with Gasteiger partial charge < -0.3 is 15.3 Å². The number of carboxylic acid groups (broad SMARTS) is 1. The van der Waals surface area contributed by atoms with Crippen molar-refractivity contribution in [3.63, 3.8) is 0 Å². The van der Waals surface area contributed by atoms with Crippen LogP contribution >= 0.6 is 11.3 Å². The van der Waals surface area contributed by atoms with Gasteiger partial charge in [0.25, 0.3) is 0 Å². The lowest BCUT2D eigenvalue weighted by Crippen LogP contribution is -2.53. The van der Waals surface area contributed by atoms with Crippen LogP contribution in [-0.2, 0) is 4.79 Å². The number of rotatable bonds is 4. The molecule has 0 saturated carbocycles. The number of amides is 2. The minimum atomic E-state index is -0.910. The molecule has 1 aromatic rings. The average molecular weight is 310 g/mol. The number of nitrogens with one attached hydrogen (secondary N) is 1. The highest BCUT2D eigenvalue weighted by molar-refractivity contribution is 7.10. The van der Waals surface area contributed by atoms with Crippen molar-refractivity contribution in [1.29, 1.82) is 0 Å². The first-order chi connectivity index (χ1) is 10.0. The van der Waals surface area contributed by atoms with Crippen molar-refractivity contribution in [1.82, 2.24) is 10.2 Å². The van der Waals surface area contributed by atoms with Gasteiger partial charge >= 0.3 is 12.0 Å². The number of aliphatic carboxylic acids is 1. The lowest BCUT2D eigenvalue weighted by Gasteiger charge is -2.37. The SMILES string of the molecule is CCC1CCN(C(=O)NC(C)c2cccs2)C(C(=O)O)C1. The van der Waals surface area contributed by atoms with E-state index in [1.54, 1.807) is 11.3 Å². The summed E-state index contributed by atoms with van der Waals surface area (Å²) in [5.41, 5.74) is 0. The summed E-state index contributed by atoms with van der Waals surface area (Å²) in [5.74, 6) is -0.517. The van der Waals surface area contributed by atoms with Crippen LogP contribution in [0.15, 0.2) is 17.5 Å². The molecule has 6 heteroatoms. The van der Waals surface area contributed by atoms with Crippen molar-refractivity contribution in [3.8, 4) is 0 Å². The fraction of sp³-hybridized carbons (Fsp3) is 0.600. The van der Waals surface area contributed by atoms with Gasteiger partial charge in [0.05, 0.1) is 6.04 Å². The van der Waals surface area contributed by atoms with Crippen LogP contribution in [0.4, 0.5) is 4.79 Å². The van der Waals surface area contributed by atoms with E-state index >= 15 is 0 Å². The number of piperidine rings is 1. The lowest BCUT2D eigenvalue weighted by atomic mass is 9.89. The largest absolute Gasteiger partial charge is 0.480 e. The molecule has 0 aromatic carbocycles. The fourth-order valence-electron chi connectivity index (χ4n) is 2.76. The molecule has 0 spiro atoms. The molecule has 21 heavy (non-hydrogen) atoms. The predicted octanol–water partition coefficient (Wildman–Crippen LogP) is 3.09. The van der Waals surface area contributed by atoms with Crippen LogP contribution in [0, 0.1) is 5.92 Å². The Bertz CT molecular complexity index is 489. The summed E-state index contributed by atoms with van der Waals surface area (Å²) < 4.78 is 0. The first-order valence-corrected chi connectivity index (χ1v) is 8.24. The van der Waals surface area contributed by atoms with E-state index in [2.05, 4.69) is 12.2 Å². The highest BCUT2D eigenvalue weighted by Crippen LogP contribution is 2.26. The Kier molecular flexibility index (Phi) is 5.22. The van der Waals surface area contributed by atoms with Crippen molar-refractivity contribution in [2.75, 3.05) is 6.54 Å². The molecule has 2 N–H and O–H groups in total. The summed E-state index contributed by atoms with van der Waals surface area (Å²) in [5, 5.41) is 14.2. The van der Waals surface area contributed by atoms with Crippen LogP contribution < -0.4 is 5.32 Å². The van der Waals surface area contributed by atoms with Gasteiger partial charge in [-0.15, -0.1) is 11.3 Å². The van der Waals surface area contributed by atoms with Crippen molar-refractivity contribution in [2.45, 2.75) is 45.2 Å². The van der Waals surface area contributed by atoms with E-state index in [-0.39, 0.29) is 12.1 Å². The van der Waals surface area contributed by atoms with Crippen LogP contribution in [0.25, 0.3) is 0 Å². The highest BCUT2D eigenvalue weighted by Gasteiger charge is 2.36. The second kappa shape index (κ2) is 6.93. The van der Waals surface area contributed by atoms with Crippen molar-refractivity contribution < 1.29 is 14.7 Å². The summed E-state index contributed by atoms with van der Waals surface area (Å²) in [7, 11) is 0. The third kappa shape index (κ3) is 3.75. The molecule has 1 aliphatic heterocycles. The molecule has 1 saturated heterocycles. The Morgan fingerprint density at radius 2 is 2.33 bits per heavy atom. The summed E-state index contributed by atoms with van der Waals surface area (Å²) in [6.45, 7) is 4.49. The standard InChI is InChI=1S/C15H22N2O3S/c1-3-11-6-7-17(12(9-11)14(18)19)15(20)16-10(2)13-5-4-8-21-13/h4-5,8,10-12H,3,6-7,9H2,1-2H3,(H,16,20)(H,18,19). The number of urea groups is 1. The van der Waals surface area contributed by atoms with E-state index in [4.69, 9.17) is 0 Å². The third-order valence-corrected chi connectivity index (χ3v) is 5.20. The Hall–Kier alpha value is -1.56. The molecule has 0 radical (unpaired) electrons. The van der Waals surface area contributed by atoms with E-state index in [0.29, 0.717) is 18.9 Å². The topological polar surface area (TPSA) is 69.6 Å². The quantitative estimate of drug-likeness (QED) is 0.898. The zero-order valence-corrected chi connectivity index (χ0v) is 13.2. The van der Waals surface area contributed by atoms with Gasteiger partial charge in [-0.05, 0) is 37.1 Å². The number of hydrogen-bond acceptors (Lipinski definition) is 3. The molecule has 3 unspecified atom stereocenters. The molecule has 1 aliphatic rings. The summed E-state index contributed by atoms with van der Waals surface area (Å²) >= 11 is 1.58. The van der Waals surface area contributed by atoms with Gasteiger partial charge in [-0.3, -0.25) is 0 Å². The van der Waals surface area contributed by atoms with Crippen LogP contribution in [0.5, 0.6) is 0 Å². The first kappa shape index (κ1) is 15.8. The van der Waals surface area contributed by atoms with Gasteiger partial charge in [-0.2, -0.15) is 0 Å². The zero-order chi connectivity index (χ0) is 15.4. The number of thiophene rings is 1. The van der Waals surface area contributed by atoms with Crippen LogP contribution in [0.2, 0.25) is 0 Å². The summed E-state index contributed by atoms with van der Waals surface area (Å²) in [6, 6.07) is 2.82. The number of carbonyl (C=O) groups excluding carboxylic acids is 1. The molecule has 1 fully saturated rings. The maximum Gasteiger partial charge on any atom is 0.326 e. The van der Waals surface area contributed by atoms with Gasteiger partial charge in [0.1, 0.15) is 6.04 Å². The Morgan fingerprint density at radius 3 is 2.90 bits per heavy atom. The highest BCUT2D eigenvalue weighted by atomic mass is 32.1. The normalized spacial score (nSPS) is 23.6. The Morgan fingerprint density at radius 1 is 1.57 bits per heavy atom.